The molecule has 0 aromatic heterocycles. The minimum Gasteiger partial charge on any atom is -0.483 e. The fourth-order valence-corrected chi connectivity index (χ4v) is 1.82. The van der Waals surface area contributed by atoms with Crippen LogP contribution in [0.5, 0.6) is 5.75 Å². The molecule has 2 aromatic carbocycles. The molecule has 1 atom stereocenters. The van der Waals surface area contributed by atoms with Gasteiger partial charge in [-0.05, 0) is 38.1 Å². The molecular formula is C17H15NO2. The number of carbonyl (C=O) groups is 1. The third-order valence-electron chi connectivity index (χ3n) is 3.00. The van der Waals surface area contributed by atoms with E-state index in [9.17, 15) is 4.79 Å². The van der Waals surface area contributed by atoms with Gasteiger partial charge in [-0.2, -0.15) is 5.26 Å². The van der Waals surface area contributed by atoms with Crippen molar-refractivity contribution in [2.45, 2.75) is 20.0 Å². The highest BCUT2D eigenvalue weighted by Gasteiger charge is 2.16. The van der Waals surface area contributed by atoms with Gasteiger partial charge in [-0.25, -0.2) is 0 Å². The summed E-state index contributed by atoms with van der Waals surface area (Å²) in [5.41, 5.74) is 2.31. The van der Waals surface area contributed by atoms with E-state index in [0.717, 1.165) is 5.56 Å². The first-order valence-electron chi connectivity index (χ1n) is 6.38. The highest BCUT2D eigenvalue weighted by atomic mass is 16.5. The first-order chi connectivity index (χ1) is 9.60. The highest BCUT2D eigenvalue weighted by Crippen LogP contribution is 2.15. The Balaban J connectivity index is 2.07. The number of ketones is 1. The van der Waals surface area contributed by atoms with Gasteiger partial charge in [0.1, 0.15) is 5.75 Å². The van der Waals surface area contributed by atoms with Crippen LogP contribution in [0, 0.1) is 18.3 Å². The van der Waals surface area contributed by atoms with Crippen molar-refractivity contribution in [2.75, 3.05) is 0 Å². The monoisotopic (exact) mass is 265 g/mol. The molecule has 1 unspecified atom stereocenters. The maximum absolute atomic E-state index is 12.2. The summed E-state index contributed by atoms with van der Waals surface area (Å²) < 4.78 is 5.60. The van der Waals surface area contributed by atoms with Crippen LogP contribution in [0.25, 0.3) is 0 Å². The number of nitriles is 1. The van der Waals surface area contributed by atoms with Gasteiger partial charge < -0.3 is 4.74 Å². The second-order valence-corrected chi connectivity index (χ2v) is 4.63. The van der Waals surface area contributed by atoms with Gasteiger partial charge in [0.05, 0.1) is 11.6 Å². The number of Topliss-reactive ketones (excluding diaryl/α,β-unsaturated/α-hetero) is 1. The lowest BCUT2D eigenvalue weighted by Crippen LogP contribution is -2.23. The van der Waals surface area contributed by atoms with Crippen LogP contribution in [-0.2, 0) is 0 Å². The summed E-state index contributed by atoms with van der Waals surface area (Å²) in [5.74, 6) is 0.520. The molecule has 0 heterocycles. The second kappa shape index (κ2) is 6.03. The van der Waals surface area contributed by atoms with Gasteiger partial charge >= 0.3 is 0 Å². The van der Waals surface area contributed by atoms with Gasteiger partial charge in [0, 0.05) is 5.56 Å². The molecule has 0 radical (unpaired) electrons. The van der Waals surface area contributed by atoms with Crippen LogP contribution in [0.15, 0.2) is 48.5 Å². The van der Waals surface area contributed by atoms with Gasteiger partial charge in [-0.1, -0.05) is 29.8 Å². The third-order valence-corrected chi connectivity index (χ3v) is 3.00. The standard InChI is InChI=1S/C17H15NO2/c1-12-3-7-15(8-4-12)17(19)13(2)20-16-9-5-14(11-18)6-10-16/h3-10,13H,1-2H3. The minimum atomic E-state index is -0.564. The van der Waals surface area contributed by atoms with E-state index < -0.39 is 6.10 Å². The lowest BCUT2D eigenvalue weighted by atomic mass is 10.1. The summed E-state index contributed by atoms with van der Waals surface area (Å²) in [6.07, 6.45) is -0.564. The van der Waals surface area contributed by atoms with Crippen LogP contribution < -0.4 is 4.74 Å². The molecule has 2 aromatic rings. The van der Waals surface area contributed by atoms with E-state index in [4.69, 9.17) is 10.00 Å². The van der Waals surface area contributed by atoms with E-state index in [1.807, 2.05) is 25.1 Å². The molecule has 0 N–H and O–H groups in total. The number of benzene rings is 2. The Kier molecular flexibility index (Phi) is 4.17. The third kappa shape index (κ3) is 3.24. The Morgan fingerprint density at radius 3 is 2.25 bits per heavy atom. The molecule has 0 amide bonds. The Morgan fingerprint density at radius 1 is 1.10 bits per heavy atom. The van der Waals surface area contributed by atoms with Crippen molar-refractivity contribution in [3.63, 3.8) is 0 Å². The van der Waals surface area contributed by atoms with Crippen LogP contribution >= 0.6 is 0 Å². The van der Waals surface area contributed by atoms with Gasteiger partial charge in [-0.3, -0.25) is 4.79 Å². The van der Waals surface area contributed by atoms with E-state index in [2.05, 4.69) is 0 Å². The number of hydrogen-bond acceptors (Lipinski definition) is 3. The summed E-state index contributed by atoms with van der Waals surface area (Å²) in [6.45, 7) is 3.70. The summed E-state index contributed by atoms with van der Waals surface area (Å²) in [6, 6.07) is 16.2. The molecular weight excluding hydrogens is 250 g/mol. The minimum absolute atomic E-state index is 0.0608. The summed E-state index contributed by atoms with van der Waals surface area (Å²) >= 11 is 0. The Hall–Kier alpha value is -2.60. The maximum atomic E-state index is 12.2. The van der Waals surface area contributed by atoms with Crippen molar-refractivity contribution in [1.82, 2.24) is 0 Å². The van der Waals surface area contributed by atoms with Gasteiger partial charge in [-0.15, -0.1) is 0 Å². The largest absolute Gasteiger partial charge is 0.483 e. The number of hydrogen-bond donors (Lipinski definition) is 0. The first kappa shape index (κ1) is 13.8. The SMILES string of the molecule is Cc1ccc(C(=O)C(C)Oc2ccc(C#N)cc2)cc1. The number of carbonyl (C=O) groups excluding carboxylic acids is 1. The number of aryl methyl sites for hydroxylation is 1. The van der Waals surface area contributed by atoms with E-state index >= 15 is 0 Å². The van der Waals surface area contributed by atoms with Crippen molar-refractivity contribution in [3.8, 4) is 11.8 Å². The van der Waals surface area contributed by atoms with Gasteiger partial charge in [0.2, 0.25) is 5.78 Å². The molecule has 0 fully saturated rings. The van der Waals surface area contributed by atoms with Crippen LogP contribution in [0.4, 0.5) is 0 Å². The molecule has 100 valence electrons. The van der Waals surface area contributed by atoms with E-state index in [0.29, 0.717) is 16.9 Å². The molecule has 0 spiro atoms. The Labute approximate surface area is 118 Å². The van der Waals surface area contributed by atoms with E-state index in [-0.39, 0.29) is 5.78 Å². The molecule has 0 saturated carbocycles. The lowest BCUT2D eigenvalue weighted by Gasteiger charge is -2.13. The van der Waals surface area contributed by atoms with Crippen molar-refractivity contribution in [1.29, 1.82) is 5.26 Å². The summed E-state index contributed by atoms with van der Waals surface area (Å²) in [5, 5.41) is 8.72. The predicted octanol–water partition coefficient (Wildman–Crippen LogP) is 3.52. The van der Waals surface area contributed by atoms with E-state index in [1.165, 1.54) is 0 Å². The predicted molar refractivity (Wildman–Crippen MR) is 76.8 cm³/mol. The Morgan fingerprint density at radius 2 is 1.70 bits per heavy atom. The molecule has 3 nitrogen and oxygen atoms in total. The summed E-state index contributed by atoms with van der Waals surface area (Å²) in [4.78, 5) is 12.2. The summed E-state index contributed by atoms with van der Waals surface area (Å²) in [7, 11) is 0. The molecule has 20 heavy (non-hydrogen) atoms. The molecule has 0 saturated heterocycles. The average Bonchev–Trinajstić information content (AvgIpc) is 2.48. The van der Waals surface area contributed by atoms with Crippen LogP contribution in [-0.4, -0.2) is 11.9 Å². The number of rotatable bonds is 4. The molecule has 0 aliphatic rings. The highest BCUT2D eigenvalue weighted by molar-refractivity contribution is 5.99. The Bertz CT molecular complexity index is 636. The van der Waals surface area contributed by atoms with Crippen molar-refractivity contribution in [3.05, 3.63) is 65.2 Å². The van der Waals surface area contributed by atoms with E-state index in [1.54, 1.807) is 43.3 Å². The molecule has 2 rings (SSSR count). The molecule has 0 bridgehead atoms. The second-order valence-electron chi connectivity index (χ2n) is 4.63. The number of nitrogens with zero attached hydrogens (tertiary/aromatic N) is 1. The topological polar surface area (TPSA) is 50.1 Å². The van der Waals surface area contributed by atoms with Gasteiger partial charge in [0.15, 0.2) is 6.10 Å². The zero-order chi connectivity index (χ0) is 14.5. The maximum Gasteiger partial charge on any atom is 0.202 e. The van der Waals surface area contributed by atoms with Crippen LogP contribution in [0.2, 0.25) is 0 Å². The smallest absolute Gasteiger partial charge is 0.202 e. The molecule has 0 aliphatic heterocycles. The average molecular weight is 265 g/mol. The normalized spacial score (nSPS) is 11.4. The molecule has 3 heteroatoms. The van der Waals surface area contributed by atoms with Crippen molar-refractivity contribution < 1.29 is 9.53 Å². The van der Waals surface area contributed by atoms with Crippen molar-refractivity contribution in [2.24, 2.45) is 0 Å². The quantitative estimate of drug-likeness (QED) is 0.795. The zero-order valence-electron chi connectivity index (χ0n) is 11.5. The molecule has 0 aliphatic carbocycles. The van der Waals surface area contributed by atoms with Crippen LogP contribution in [0.3, 0.4) is 0 Å². The lowest BCUT2D eigenvalue weighted by molar-refractivity contribution is 0.0818. The number of ether oxygens (including phenoxy) is 1. The van der Waals surface area contributed by atoms with Gasteiger partial charge in [0.25, 0.3) is 0 Å². The van der Waals surface area contributed by atoms with Crippen LogP contribution in [0.1, 0.15) is 28.4 Å². The fraction of sp³-hybridized carbons (Fsp3) is 0.176. The van der Waals surface area contributed by atoms with Crippen molar-refractivity contribution >= 4 is 5.78 Å². The fourth-order valence-electron chi connectivity index (χ4n) is 1.82. The zero-order valence-corrected chi connectivity index (χ0v) is 11.5. The first-order valence-corrected chi connectivity index (χ1v) is 6.38.